The van der Waals surface area contributed by atoms with Crippen molar-refractivity contribution >= 4 is 17.3 Å². The molecule has 1 aromatic rings. The van der Waals surface area contributed by atoms with Gasteiger partial charge in [-0.2, -0.15) is 0 Å². The van der Waals surface area contributed by atoms with E-state index < -0.39 is 0 Å². The Morgan fingerprint density at radius 3 is 2.87 bits per heavy atom. The van der Waals surface area contributed by atoms with Gasteiger partial charge < -0.3 is 9.30 Å². The lowest BCUT2D eigenvalue weighted by atomic mass is 10.3. The van der Waals surface area contributed by atoms with E-state index in [-0.39, 0.29) is 10.8 Å². The Morgan fingerprint density at radius 1 is 1.60 bits per heavy atom. The summed E-state index contributed by atoms with van der Waals surface area (Å²) in [6.45, 7) is 4.68. The molecule has 1 aromatic heterocycles. The normalized spacial score (nSPS) is 10.3. The maximum Gasteiger partial charge on any atom is 0.307 e. The molecule has 0 N–H and O–H groups in total. The van der Waals surface area contributed by atoms with Gasteiger partial charge in [0.2, 0.25) is 0 Å². The van der Waals surface area contributed by atoms with Gasteiger partial charge in [-0.3, -0.25) is 9.59 Å². The van der Waals surface area contributed by atoms with Crippen LogP contribution in [-0.2, 0) is 16.1 Å². The van der Waals surface area contributed by atoms with Crippen molar-refractivity contribution in [3.8, 4) is 0 Å². The van der Waals surface area contributed by atoms with Crippen molar-refractivity contribution in [3.05, 3.63) is 20.7 Å². The summed E-state index contributed by atoms with van der Waals surface area (Å²) in [5.41, 5.74) is 0.953. The molecular weight excluding hydrogens is 214 g/mol. The summed E-state index contributed by atoms with van der Waals surface area (Å²) in [6, 6.07) is 0. The largest absolute Gasteiger partial charge is 0.466 e. The summed E-state index contributed by atoms with van der Waals surface area (Å²) < 4.78 is 6.48. The number of hydrogen-bond donors (Lipinski definition) is 0. The van der Waals surface area contributed by atoms with E-state index in [2.05, 4.69) is 0 Å². The molecule has 0 aliphatic rings. The Bertz CT molecular complexity index is 380. The Labute approximate surface area is 92.5 Å². The van der Waals surface area contributed by atoms with Crippen LogP contribution in [0, 0.1) is 6.92 Å². The molecule has 0 atom stereocenters. The SMILES string of the molecule is CCOC(=O)CCCn1c(C)csc1=O. The molecule has 0 aromatic carbocycles. The fourth-order valence-electron chi connectivity index (χ4n) is 1.29. The third-order valence-corrected chi connectivity index (χ3v) is 2.93. The monoisotopic (exact) mass is 229 g/mol. The van der Waals surface area contributed by atoms with E-state index in [1.165, 1.54) is 11.3 Å². The zero-order chi connectivity index (χ0) is 11.3. The molecule has 1 heterocycles. The Kier molecular flexibility index (Phi) is 4.55. The van der Waals surface area contributed by atoms with Crippen molar-refractivity contribution in [2.75, 3.05) is 6.61 Å². The number of thiazole rings is 1. The van der Waals surface area contributed by atoms with E-state index in [1.54, 1.807) is 11.5 Å². The topological polar surface area (TPSA) is 48.3 Å². The van der Waals surface area contributed by atoms with Gasteiger partial charge in [0.1, 0.15) is 0 Å². The van der Waals surface area contributed by atoms with Gasteiger partial charge >= 0.3 is 10.8 Å². The molecule has 0 amide bonds. The lowest BCUT2D eigenvalue weighted by Gasteiger charge is -2.04. The summed E-state index contributed by atoms with van der Waals surface area (Å²) in [7, 11) is 0. The van der Waals surface area contributed by atoms with Gasteiger partial charge in [0, 0.05) is 24.0 Å². The average Bonchev–Trinajstić information content (AvgIpc) is 2.49. The number of rotatable bonds is 5. The summed E-state index contributed by atoms with van der Waals surface area (Å²) in [5.74, 6) is -0.196. The highest BCUT2D eigenvalue weighted by Crippen LogP contribution is 2.02. The highest BCUT2D eigenvalue weighted by Gasteiger charge is 2.05. The van der Waals surface area contributed by atoms with Crippen LogP contribution < -0.4 is 4.87 Å². The van der Waals surface area contributed by atoms with Crippen molar-refractivity contribution < 1.29 is 9.53 Å². The zero-order valence-corrected chi connectivity index (χ0v) is 9.80. The van der Waals surface area contributed by atoms with Gasteiger partial charge in [-0.1, -0.05) is 11.3 Å². The molecule has 4 nitrogen and oxygen atoms in total. The van der Waals surface area contributed by atoms with Gasteiger partial charge in [-0.05, 0) is 20.3 Å². The summed E-state index contributed by atoms with van der Waals surface area (Å²) in [5, 5.41) is 1.83. The van der Waals surface area contributed by atoms with Crippen LogP contribution in [0.3, 0.4) is 0 Å². The minimum atomic E-state index is -0.196. The predicted octanol–water partition coefficient (Wildman–Crippen LogP) is 1.56. The van der Waals surface area contributed by atoms with Crippen molar-refractivity contribution in [1.82, 2.24) is 4.57 Å². The van der Waals surface area contributed by atoms with Gasteiger partial charge in [0.15, 0.2) is 0 Å². The first-order valence-electron chi connectivity index (χ1n) is 4.95. The smallest absolute Gasteiger partial charge is 0.307 e. The van der Waals surface area contributed by atoms with Crippen LogP contribution in [0.4, 0.5) is 0 Å². The third kappa shape index (κ3) is 3.51. The van der Waals surface area contributed by atoms with E-state index >= 15 is 0 Å². The number of nitrogens with zero attached hydrogens (tertiary/aromatic N) is 1. The standard InChI is InChI=1S/C10H15NO3S/c1-3-14-9(12)5-4-6-11-8(2)7-15-10(11)13/h7H,3-6H2,1-2H3. The first kappa shape index (κ1) is 12.0. The summed E-state index contributed by atoms with van der Waals surface area (Å²) in [6.07, 6.45) is 1.02. The average molecular weight is 229 g/mol. The number of ether oxygens (including phenoxy) is 1. The second kappa shape index (κ2) is 5.70. The Morgan fingerprint density at radius 2 is 2.33 bits per heavy atom. The van der Waals surface area contributed by atoms with E-state index in [0.29, 0.717) is 26.0 Å². The van der Waals surface area contributed by atoms with Crippen LogP contribution in [0.2, 0.25) is 0 Å². The maximum absolute atomic E-state index is 11.3. The summed E-state index contributed by atoms with van der Waals surface area (Å²) in [4.78, 5) is 22.4. The lowest BCUT2D eigenvalue weighted by Crippen LogP contribution is -2.15. The molecular formula is C10H15NO3S. The van der Waals surface area contributed by atoms with Gasteiger partial charge in [-0.25, -0.2) is 0 Å². The molecule has 5 heteroatoms. The van der Waals surface area contributed by atoms with Crippen LogP contribution >= 0.6 is 11.3 Å². The molecule has 0 aliphatic heterocycles. The van der Waals surface area contributed by atoms with Crippen LogP contribution in [-0.4, -0.2) is 17.1 Å². The summed E-state index contributed by atoms with van der Waals surface area (Å²) >= 11 is 1.19. The Balaban J connectivity index is 2.38. The molecule has 84 valence electrons. The fourth-order valence-corrected chi connectivity index (χ4v) is 2.05. The van der Waals surface area contributed by atoms with E-state index in [0.717, 1.165) is 5.69 Å². The van der Waals surface area contributed by atoms with Gasteiger partial charge in [0.25, 0.3) is 0 Å². The van der Waals surface area contributed by atoms with E-state index in [1.807, 2.05) is 12.3 Å². The highest BCUT2D eigenvalue weighted by molar-refractivity contribution is 7.07. The lowest BCUT2D eigenvalue weighted by molar-refractivity contribution is -0.143. The first-order valence-corrected chi connectivity index (χ1v) is 5.83. The number of aryl methyl sites for hydroxylation is 1. The first-order chi connectivity index (χ1) is 7.15. The van der Waals surface area contributed by atoms with Crippen molar-refractivity contribution in [2.24, 2.45) is 0 Å². The number of carbonyl (C=O) groups excluding carboxylic acids is 1. The van der Waals surface area contributed by atoms with Crippen LogP contribution in [0.1, 0.15) is 25.5 Å². The van der Waals surface area contributed by atoms with E-state index in [4.69, 9.17) is 4.74 Å². The molecule has 15 heavy (non-hydrogen) atoms. The molecule has 1 rings (SSSR count). The predicted molar refractivity (Wildman–Crippen MR) is 59.2 cm³/mol. The molecule has 0 radical (unpaired) electrons. The van der Waals surface area contributed by atoms with E-state index in [9.17, 15) is 9.59 Å². The zero-order valence-electron chi connectivity index (χ0n) is 8.99. The van der Waals surface area contributed by atoms with Crippen molar-refractivity contribution in [3.63, 3.8) is 0 Å². The van der Waals surface area contributed by atoms with Crippen molar-refractivity contribution in [1.29, 1.82) is 0 Å². The molecule has 0 unspecified atom stereocenters. The highest BCUT2D eigenvalue weighted by atomic mass is 32.1. The number of carbonyl (C=O) groups is 1. The second-order valence-corrected chi connectivity index (χ2v) is 4.02. The Hall–Kier alpha value is -1.10. The molecule has 0 spiro atoms. The van der Waals surface area contributed by atoms with Crippen LogP contribution in [0.25, 0.3) is 0 Å². The minimum absolute atomic E-state index is 0.0383. The molecule has 0 aliphatic carbocycles. The van der Waals surface area contributed by atoms with Crippen LogP contribution in [0.5, 0.6) is 0 Å². The molecule has 0 saturated heterocycles. The van der Waals surface area contributed by atoms with Crippen molar-refractivity contribution in [2.45, 2.75) is 33.2 Å². The second-order valence-electron chi connectivity index (χ2n) is 3.20. The minimum Gasteiger partial charge on any atom is -0.466 e. The number of aromatic nitrogens is 1. The third-order valence-electron chi connectivity index (χ3n) is 2.04. The molecule has 0 saturated carbocycles. The maximum atomic E-state index is 11.3. The molecule has 0 bridgehead atoms. The fraction of sp³-hybridized carbons (Fsp3) is 0.600. The van der Waals surface area contributed by atoms with Crippen LogP contribution in [0.15, 0.2) is 10.2 Å². The number of hydrogen-bond acceptors (Lipinski definition) is 4. The van der Waals surface area contributed by atoms with Gasteiger partial charge in [-0.15, -0.1) is 0 Å². The number of esters is 1. The van der Waals surface area contributed by atoms with Gasteiger partial charge in [0.05, 0.1) is 6.61 Å². The molecule has 0 fully saturated rings. The quantitative estimate of drug-likeness (QED) is 0.720.